The normalized spacial score (nSPS) is 15.5. The molecule has 180 valence electrons. The Kier molecular flexibility index (Phi) is 6.59. The molecule has 0 saturated carbocycles. The van der Waals surface area contributed by atoms with Crippen molar-refractivity contribution in [3.63, 3.8) is 0 Å². The van der Waals surface area contributed by atoms with Gasteiger partial charge in [0.15, 0.2) is 11.6 Å². The molecule has 4 rings (SSSR count). The zero-order chi connectivity index (χ0) is 25.3. The van der Waals surface area contributed by atoms with Crippen LogP contribution in [0.3, 0.4) is 0 Å². The topological polar surface area (TPSA) is 78.5 Å². The number of fused-ring (bicyclic) bond motifs is 3. The number of carbonyl (C=O) groups is 3. The molecule has 3 amide bonds. The molecule has 0 fully saturated rings. The second-order valence-corrected chi connectivity index (χ2v) is 8.24. The van der Waals surface area contributed by atoms with Crippen molar-refractivity contribution in [2.75, 3.05) is 11.9 Å². The van der Waals surface area contributed by atoms with Crippen molar-refractivity contribution < 1.29 is 27.6 Å². The number of hydrogen-bond acceptors (Lipinski definition) is 3. The number of para-hydroxylation sites is 1. The first kappa shape index (κ1) is 24.0. The molecular formula is C26H22F3N3O3. The van der Waals surface area contributed by atoms with Gasteiger partial charge >= 0.3 is 0 Å². The summed E-state index contributed by atoms with van der Waals surface area (Å²) < 4.78 is 40.6. The summed E-state index contributed by atoms with van der Waals surface area (Å²) in [6.45, 7) is 0.805. The number of likely N-dealkylation sites (N-methyl/N-ethyl adjacent to an activating group) is 1. The number of benzene rings is 3. The van der Waals surface area contributed by atoms with Gasteiger partial charge in [-0.3, -0.25) is 14.4 Å². The first-order valence-electron chi connectivity index (χ1n) is 10.9. The fourth-order valence-corrected chi connectivity index (χ4v) is 4.03. The minimum atomic E-state index is -1.38. The highest BCUT2D eigenvalue weighted by atomic mass is 19.2. The van der Waals surface area contributed by atoms with E-state index in [0.29, 0.717) is 17.3 Å². The molecule has 1 heterocycles. The average Bonchev–Trinajstić information content (AvgIpc) is 2.94. The lowest BCUT2D eigenvalue weighted by atomic mass is 9.95. The summed E-state index contributed by atoms with van der Waals surface area (Å²) in [7, 11) is 1.61. The first-order valence-corrected chi connectivity index (χ1v) is 10.9. The van der Waals surface area contributed by atoms with Gasteiger partial charge in [-0.15, -0.1) is 0 Å². The number of hydrogen-bond donors (Lipinski definition) is 2. The largest absolute Gasteiger partial charge is 0.351 e. The lowest BCUT2D eigenvalue weighted by Crippen LogP contribution is -2.45. The van der Waals surface area contributed by atoms with Crippen molar-refractivity contribution in [1.29, 1.82) is 0 Å². The van der Waals surface area contributed by atoms with Crippen LogP contribution in [0.25, 0.3) is 11.1 Å². The first-order chi connectivity index (χ1) is 16.7. The van der Waals surface area contributed by atoms with Gasteiger partial charge in [0, 0.05) is 30.8 Å². The van der Waals surface area contributed by atoms with E-state index in [0.717, 1.165) is 17.2 Å². The van der Waals surface area contributed by atoms with Crippen LogP contribution in [0.1, 0.15) is 24.1 Å². The summed E-state index contributed by atoms with van der Waals surface area (Å²) in [5, 5.41) is 4.96. The fourth-order valence-electron chi connectivity index (χ4n) is 4.03. The SMILES string of the molecule is C[C@H](C(=O)NCc1cc(F)cc(F)c1F)C(=O)N[C@H]1C(=O)N(C)c2ccccc2-c2ccccc21. The lowest BCUT2D eigenvalue weighted by molar-refractivity contribution is -0.136. The molecule has 3 aromatic carbocycles. The van der Waals surface area contributed by atoms with Gasteiger partial charge in [-0.1, -0.05) is 42.5 Å². The Morgan fingerprint density at radius 1 is 0.971 bits per heavy atom. The van der Waals surface area contributed by atoms with Crippen molar-refractivity contribution in [3.05, 3.63) is 89.2 Å². The Balaban J connectivity index is 1.53. The van der Waals surface area contributed by atoms with E-state index in [1.165, 1.54) is 11.8 Å². The minimum absolute atomic E-state index is 0.388. The van der Waals surface area contributed by atoms with E-state index in [-0.39, 0.29) is 5.91 Å². The maximum absolute atomic E-state index is 13.9. The van der Waals surface area contributed by atoms with Crippen LogP contribution in [0.4, 0.5) is 18.9 Å². The molecule has 0 bridgehead atoms. The third-order valence-corrected chi connectivity index (χ3v) is 6.00. The van der Waals surface area contributed by atoms with E-state index in [4.69, 9.17) is 0 Å². The zero-order valence-electron chi connectivity index (χ0n) is 18.9. The Labute approximate surface area is 199 Å². The number of rotatable bonds is 5. The number of nitrogens with zero attached hydrogens (tertiary/aromatic N) is 1. The van der Waals surface area contributed by atoms with Gasteiger partial charge in [0.05, 0.1) is 5.69 Å². The van der Waals surface area contributed by atoms with Crippen molar-refractivity contribution in [1.82, 2.24) is 10.6 Å². The van der Waals surface area contributed by atoms with Crippen LogP contribution >= 0.6 is 0 Å². The van der Waals surface area contributed by atoms with Crippen molar-refractivity contribution >= 4 is 23.4 Å². The molecule has 1 aliphatic heterocycles. The smallest absolute Gasteiger partial charge is 0.253 e. The van der Waals surface area contributed by atoms with Crippen LogP contribution in [-0.2, 0) is 20.9 Å². The third kappa shape index (κ3) is 4.62. The van der Waals surface area contributed by atoms with Crippen LogP contribution in [0.15, 0.2) is 60.7 Å². The molecule has 0 unspecified atom stereocenters. The summed E-state index contributed by atoms with van der Waals surface area (Å²) in [6.07, 6.45) is 0. The van der Waals surface area contributed by atoms with E-state index in [1.54, 1.807) is 25.2 Å². The van der Waals surface area contributed by atoms with Crippen LogP contribution in [-0.4, -0.2) is 24.8 Å². The predicted octanol–water partition coefficient (Wildman–Crippen LogP) is 3.86. The van der Waals surface area contributed by atoms with Gasteiger partial charge in [-0.05, 0) is 30.2 Å². The molecular weight excluding hydrogens is 459 g/mol. The van der Waals surface area contributed by atoms with E-state index < -0.39 is 53.3 Å². The average molecular weight is 481 g/mol. The number of nitrogens with one attached hydrogen (secondary N) is 2. The number of amides is 3. The van der Waals surface area contributed by atoms with E-state index in [9.17, 15) is 27.6 Å². The highest BCUT2D eigenvalue weighted by molar-refractivity contribution is 6.07. The molecule has 2 atom stereocenters. The molecule has 0 spiro atoms. The van der Waals surface area contributed by atoms with Gasteiger partial charge in [0.25, 0.3) is 5.91 Å². The quantitative estimate of drug-likeness (QED) is 0.429. The zero-order valence-corrected chi connectivity index (χ0v) is 18.9. The van der Waals surface area contributed by atoms with Crippen LogP contribution < -0.4 is 15.5 Å². The summed E-state index contributed by atoms with van der Waals surface area (Å²) in [6, 6.07) is 14.6. The molecule has 0 radical (unpaired) electrons. The second kappa shape index (κ2) is 9.61. The maximum Gasteiger partial charge on any atom is 0.253 e. The molecule has 6 nitrogen and oxygen atoms in total. The molecule has 0 saturated heterocycles. The molecule has 3 aromatic rings. The Bertz CT molecular complexity index is 1330. The monoisotopic (exact) mass is 481 g/mol. The Morgan fingerprint density at radius 3 is 2.37 bits per heavy atom. The highest BCUT2D eigenvalue weighted by Gasteiger charge is 2.35. The second-order valence-electron chi connectivity index (χ2n) is 8.24. The van der Waals surface area contributed by atoms with Gasteiger partial charge in [-0.25, -0.2) is 13.2 Å². The number of carbonyl (C=O) groups excluding carboxylic acids is 3. The summed E-state index contributed by atoms with van der Waals surface area (Å²) in [4.78, 5) is 40.3. The summed E-state index contributed by atoms with van der Waals surface area (Å²) in [5.74, 6) is -6.84. The van der Waals surface area contributed by atoms with Gasteiger partial charge in [0.1, 0.15) is 17.8 Å². The molecule has 2 N–H and O–H groups in total. The highest BCUT2D eigenvalue weighted by Crippen LogP contribution is 2.39. The Hall–Kier alpha value is -4.14. The molecule has 35 heavy (non-hydrogen) atoms. The van der Waals surface area contributed by atoms with E-state index >= 15 is 0 Å². The Morgan fingerprint density at radius 2 is 1.63 bits per heavy atom. The molecule has 0 aromatic heterocycles. The van der Waals surface area contributed by atoms with Crippen molar-refractivity contribution in [2.24, 2.45) is 5.92 Å². The molecule has 1 aliphatic rings. The van der Waals surface area contributed by atoms with E-state index in [2.05, 4.69) is 10.6 Å². The molecule has 0 aliphatic carbocycles. The fraction of sp³-hybridized carbons (Fsp3) is 0.192. The van der Waals surface area contributed by atoms with Crippen LogP contribution in [0, 0.1) is 23.4 Å². The maximum atomic E-state index is 13.9. The van der Waals surface area contributed by atoms with Crippen LogP contribution in [0.2, 0.25) is 0 Å². The van der Waals surface area contributed by atoms with Gasteiger partial charge in [-0.2, -0.15) is 0 Å². The third-order valence-electron chi connectivity index (χ3n) is 6.00. The summed E-state index contributed by atoms with van der Waals surface area (Å²) in [5.41, 5.74) is 2.46. The van der Waals surface area contributed by atoms with E-state index in [1.807, 2.05) is 30.3 Å². The van der Waals surface area contributed by atoms with Crippen molar-refractivity contribution in [3.8, 4) is 11.1 Å². The lowest BCUT2D eigenvalue weighted by Gasteiger charge is -2.24. The van der Waals surface area contributed by atoms with Crippen LogP contribution in [0.5, 0.6) is 0 Å². The standard InChI is InChI=1S/C26H22F3N3O3/c1-14(24(33)30-13-15-11-16(27)12-20(28)22(15)29)25(34)31-23-19-9-4-3-7-17(19)18-8-5-6-10-21(18)32(2)26(23)35/h3-12,14,23H,13H2,1-2H3,(H,30,33)(H,31,34)/t14-,23-/m1/s1. The van der Waals surface area contributed by atoms with Crippen molar-refractivity contribution in [2.45, 2.75) is 19.5 Å². The number of anilines is 1. The van der Waals surface area contributed by atoms with Gasteiger partial charge < -0.3 is 15.5 Å². The van der Waals surface area contributed by atoms with Gasteiger partial charge in [0.2, 0.25) is 11.8 Å². The number of halogens is 3. The predicted molar refractivity (Wildman–Crippen MR) is 123 cm³/mol. The molecule has 9 heteroatoms. The minimum Gasteiger partial charge on any atom is -0.351 e. The summed E-state index contributed by atoms with van der Waals surface area (Å²) >= 11 is 0.